The zero-order valence-corrected chi connectivity index (χ0v) is 11.8. The van der Waals surface area contributed by atoms with E-state index in [1.54, 1.807) is 0 Å². The van der Waals surface area contributed by atoms with Gasteiger partial charge in [-0.2, -0.15) is 0 Å². The van der Waals surface area contributed by atoms with Crippen molar-refractivity contribution in [2.24, 2.45) is 5.92 Å². The first-order valence-electron chi connectivity index (χ1n) is 7.55. The third-order valence-electron chi connectivity index (χ3n) is 3.56. The van der Waals surface area contributed by atoms with Crippen LogP contribution in [0.15, 0.2) is 0 Å². The van der Waals surface area contributed by atoms with Gasteiger partial charge in [-0.1, -0.05) is 52.4 Å². The molecule has 0 amide bonds. The van der Waals surface area contributed by atoms with Gasteiger partial charge in [0.05, 0.1) is 6.10 Å². The molecule has 0 aliphatic rings. The van der Waals surface area contributed by atoms with E-state index < -0.39 is 0 Å². The summed E-state index contributed by atoms with van der Waals surface area (Å²) in [5, 5.41) is 19.1. The van der Waals surface area contributed by atoms with Gasteiger partial charge in [0.15, 0.2) is 0 Å². The zero-order valence-electron chi connectivity index (χ0n) is 11.8. The van der Waals surface area contributed by atoms with E-state index in [0.29, 0.717) is 5.92 Å². The fraction of sp³-hybridized carbons (Fsp3) is 1.00. The lowest BCUT2D eigenvalue weighted by Gasteiger charge is -2.22. The monoisotopic (exact) mass is 244 g/mol. The molecule has 0 rings (SSSR count). The predicted octanol–water partition coefficient (Wildman–Crippen LogP) is 3.90. The van der Waals surface area contributed by atoms with Crippen LogP contribution in [0.1, 0.15) is 78.1 Å². The topological polar surface area (TPSA) is 40.5 Å². The fourth-order valence-electron chi connectivity index (χ4n) is 2.38. The van der Waals surface area contributed by atoms with Crippen LogP contribution in [0.25, 0.3) is 0 Å². The van der Waals surface area contributed by atoms with E-state index >= 15 is 0 Å². The summed E-state index contributed by atoms with van der Waals surface area (Å²) in [5.74, 6) is 0.408. The third-order valence-corrected chi connectivity index (χ3v) is 3.56. The fourth-order valence-corrected chi connectivity index (χ4v) is 2.38. The van der Waals surface area contributed by atoms with E-state index in [0.717, 1.165) is 32.1 Å². The number of unbranched alkanes of at least 4 members (excludes halogenated alkanes) is 4. The Hall–Kier alpha value is -0.0800. The van der Waals surface area contributed by atoms with Crippen LogP contribution in [0.5, 0.6) is 0 Å². The first kappa shape index (κ1) is 16.9. The summed E-state index contributed by atoms with van der Waals surface area (Å²) < 4.78 is 0. The molecule has 0 aliphatic carbocycles. The van der Waals surface area contributed by atoms with E-state index in [4.69, 9.17) is 5.11 Å². The highest BCUT2D eigenvalue weighted by molar-refractivity contribution is 4.69. The van der Waals surface area contributed by atoms with Crippen molar-refractivity contribution in [1.29, 1.82) is 0 Å². The van der Waals surface area contributed by atoms with Crippen LogP contribution < -0.4 is 0 Å². The molecule has 0 aromatic carbocycles. The zero-order chi connectivity index (χ0) is 12.9. The molecule has 0 aliphatic heterocycles. The lowest BCUT2D eigenvalue weighted by molar-refractivity contribution is 0.0804. The highest BCUT2D eigenvalue weighted by Gasteiger charge is 2.17. The second-order valence-corrected chi connectivity index (χ2v) is 5.18. The minimum absolute atomic E-state index is 0.148. The van der Waals surface area contributed by atoms with Crippen molar-refractivity contribution in [3.63, 3.8) is 0 Å². The van der Waals surface area contributed by atoms with E-state index in [2.05, 4.69) is 13.8 Å². The van der Waals surface area contributed by atoms with Crippen LogP contribution in [0.4, 0.5) is 0 Å². The van der Waals surface area contributed by atoms with E-state index in [1.807, 2.05) is 0 Å². The van der Waals surface area contributed by atoms with Crippen LogP contribution in [0.2, 0.25) is 0 Å². The average molecular weight is 244 g/mol. The van der Waals surface area contributed by atoms with Crippen molar-refractivity contribution in [1.82, 2.24) is 0 Å². The molecule has 104 valence electrons. The summed E-state index contributed by atoms with van der Waals surface area (Å²) in [6, 6.07) is 0. The minimum Gasteiger partial charge on any atom is -0.396 e. The summed E-state index contributed by atoms with van der Waals surface area (Å²) in [6.45, 7) is 4.66. The first-order valence-corrected chi connectivity index (χ1v) is 7.55. The van der Waals surface area contributed by atoms with Crippen LogP contribution in [-0.4, -0.2) is 22.9 Å². The molecule has 0 bridgehead atoms. The second kappa shape index (κ2) is 12.4. The molecule has 2 atom stereocenters. The number of aliphatic hydroxyl groups excluding tert-OH is 2. The quantitative estimate of drug-likeness (QED) is 0.511. The van der Waals surface area contributed by atoms with Crippen LogP contribution in [0, 0.1) is 5.92 Å². The molecule has 0 fully saturated rings. The van der Waals surface area contributed by atoms with E-state index in [1.165, 1.54) is 32.1 Å². The van der Waals surface area contributed by atoms with Gasteiger partial charge in [-0.15, -0.1) is 0 Å². The van der Waals surface area contributed by atoms with Gasteiger partial charge in [0.1, 0.15) is 0 Å². The summed E-state index contributed by atoms with van der Waals surface area (Å²) in [5.41, 5.74) is 0. The van der Waals surface area contributed by atoms with Gasteiger partial charge in [-0.25, -0.2) is 0 Å². The summed E-state index contributed by atoms with van der Waals surface area (Å²) in [4.78, 5) is 0. The summed E-state index contributed by atoms with van der Waals surface area (Å²) in [6.07, 6.45) is 11.0. The molecule has 2 nitrogen and oxygen atoms in total. The van der Waals surface area contributed by atoms with Crippen molar-refractivity contribution >= 4 is 0 Å². The lowest BCUT2D eigenvalue weighted by Crippen LogP contribution is -2.21. The number of hydrogen-bond donors (Lipinski definition) is 2. The maximum atomic E-state index is 10.2. The first-order chi connectivity index (χ1) is 8.26. The molecule has 0 radical (unpaired) electrons. The Balaban J connectivity index is 3.86. The molecular weight excluding hydrogens is 212 g/mol. The van der Waals surface area contributed by atoms with Crippen LogP contribution in [0.3, 0.4) is 0 Å². The number of hydrogen-bond acceptors (Lipinski definition) is 2. The van der Waals surface area contributed by atoms with Gasteiger partial charge in [0, 0.05) is 6.61 Å². The van der Waals surface area contributed by atoms with Crippen LogP contribution in [-0.2, 0) is 0 Å². The Morgan fingerprint density at radius 3 is 1.82 bits per heavy atom. The Labute approximate surface area is 107 Å². The Morgan fingerprint density at radius 1 is 0.765 bits per heavy atom. The molecule has 2 heteroatoms. The number of aliphatic hydroxyl groups is 2. The molecule has 2 N–H and O–H groups in total. The Bertz CT molecular complexity index is 148. The van der Waals surface area contributed by atoms with Gasteiger partial charge < -0.3 is 10.2 Å². The summed E-state index contributed by atoms with van der Waals surface area (Å²) in [7, 11) is 0. The number of rotatable bonds is 12. The molecule has 0 aromatic rings. The lowest BCUT2D eigenvalue weighted by atomic mass is 9.88. The van der Waals surface area contributed by atoms with E-state index in [-0.39, 0.29) is 12.7 Å². The van der Waals surface area contributed by atoms with Gasteiger partial charge in [-0.05, 0) is 31.6 Å². The minimum atomic E-state index is -0.148. The molecule has 0 aromatic heterocycles. The molecular formula is C15H32O2. The van der Waals surface area contributed by atoms with Gasteiger partial charge in [0.25, 0.3) is 0 Å². The highest BCUT2D eigenvalue weighted by atomic mass is 16.3. The third kappa shape index (κ3) is 9.61. The van der Waals surface area contributed by atoms with Crippen molar-refractivity contribution in [3.05, 3.63) is 0 Å². The van der Waals surface area contributed by atoms with E-state index in [9.17, 15) is 5.11 Å². The van der Waals surface area contributed by atoms with Crippen molar-refractivity contribution in [2.45, 2.75) is 84.2 Å². The normalized spacial score (nSPS) is 14.8. The average Bonchev–Trinajstić information content (AvgIpc) is 2.33. The van der Waals surface area contributed by atoms with Gasteiger partial charge >= 0.3 is 0 Å². The van der Waals surface area contributed by atoms with Gasteiger partial charge in [-0.3, -0.25) is 0 Å². The molecule has 0 spiro atoms. The standard InChI is InChI=1S/C15H32O2/c1-3-5-7-10-14(11-9-13-16)15(17)12-8-6-4-2/h14-17H,3-13H2,1-2H3. The molecule has 0 heterocycles. The van der Waals surface area contributed by atoms with Crippen molar-refractivity contribution < 1.29 is 10.2 Å². The van der Waals surface area contributed by atoms with Crippen LogP contribution >= 0.6 is 0 Å². The Morgan fingerprint density at radius 2 is 1.29 bits per heavy atom. The maximum Gasteiger partial charge on any atom is 0.0568 e. The SMILES string of the molecule is CCCCCC(O)C(CCCO)CCCCC. The largest absolute Gasteiger partial charge is 0.396 e. The smallest absolute Gasteiger partial charge is 0.0568 e. The van der Waals surface area contributed by atoms with Crippen molar-refractivity contribution in [3.8, 4) is 0 Å². The van der Waals surface area contributed by atoms with Gasteiger partial charge in [0.2, 0.25) is 0 Å². The Kier molecular flexibility index (Phi) is 12.3. The predicted molar refractivity (Wildman–Crippen MR) is 74.1 cm³/mol. The molecule has 17 heavy (non-hydrogen) atoms. The molecule has 0 saturated heterocycles. The molecule has 0 saturated carbocycles. The molecule has 2 unspecified atom stereocenters. The van der Waals surface area contributed by atoms with Crippen molar-refractivity contribution in [2.75, 3.05) is 6.61 Å². The highest BCUT2D eigenvalue weighted by Crippen LogP contribution is 2.23. The maximum absolute atomic E-state index is 10.2. The second-order valence-electron chi connectivity index (χ2n) is 5.18. The summed E-state index contributed by atoms with van der Waals surface area (Å²) >= 11 is 0.